The molecular formula is C14H18FIN4O2S2. The van der Waals surface area contributed by atoms with Crippen molar-refractivity contribution in [2.24, 2.45) is 10.1 Å². The first-order valence-corrected chi connectivity index (χ1v) is 9.05. The Labute approximate surface area is 161 Å². The maximum absolute atomic E-state index is 12.8. The Morgan fingerprint density at radius 1 is 1.17 bits per heavy atom. The summed E-state index contributed by atoms with van der Waals surface area (Å²) >= 11 is 1.11. The smallest absolute Gasteiger partial charge is 0.247 e. The van der Waals surface area contributed by atoms with Crippen LogP contribution in [0.25, 0.3) is 0 Å². The van der Waals surface area contributed by atoms with Crippen LogP contribution in [0.4, 0.5) is 4.39 Å². The molecular weight excluding hydrogens is 466 g/mol. The SMILES string of the molecule is CN=C(NCc1ccc(F)cc1)NCc1ccc(S(N)(=O)=O)s1.I. The van der Waals surface area contributed by atoms with Crippen molar-refractivity contribution in [3.63, 3.8) is 0 Å². The minimum atomic E-state index is -3.66. The van der Waals surface area contributed by atoms with Crippen LogP contribution in [-0.4, -0.2) is 21.4 Å². The maximum atomic E-state index is 12.8. The fourth-order valence-electron chi connectivity index (χ4n) is 1.79. The van der Waals surface area contributed by atoms with Crippen molar-refractivity contribution in [1.29, 1.82) is 0 Å². The van der Waals surface area contributed by atoms with Crippen molar-refractivity contribution in [2.45, 2.75) is 17.3 Å². The number of aliphatic imine (C=N–C) groups is 1. The number of thiophene rings is 1. The highest BCUT2D eigenvalue weighted by atomic mass is 127. The number of guanidine groups is 1. The molecule has 0 fully saturated rings. The molecule has 6 nitrogen and oxygen atoms in total. The molecule has 1 heterocycles. The number of rotatable bonds is 5. The summed E-state index contributed by atoms with van der Waals surface area (Å²) in [6, 6.07) is 9.35. The van der Waals surface area contributed by atoms with Gasteiger partial charge in [0.05, 0.1) is 6.54 Å². The summed E-state index contributed by atoms with van der Waals surface area (Å²) in [7, 11) is -2.03. The molecule has 2 aromatic rings. The third-order valence-corrected chi connectivity index (χ3v) is 5.47. The first-order chi connectivity index (χ1) is 10.9. The molecule has 1 aromatic heterocycles. The Hall–Kier alpha value is -1.24. The number of halogens is 2. The number of nitrogens with one attached hydrogen (secondary N) is 2. The first kappa shape index (κ1) is 20.8. The molecule has 1 aromatic carbocycles. The summed E-state index contributed by atoms with van der Waals surface area (Å²) < 4.78 is 35.4. The third-order valence-electron chi connectivity index (χ3n) is 2.94. The molecule has 0 aliphatic carbocycles. The highest BCUT2D eigenvalue weighted by molar-refractivity contribution is 14.0. The highest BCUT2D eigenvalue weighted by Crippen LogP contribution is 2.19. The number of nitrogens with zero attached hydrogens (tertiary/aromatic N) is 1. The predicted molar refractivity (Wildman–Crippen MR) is 105 cm³/mol. The lowest BCUT2D eigenvalue weighted by Gasteiger charge is -2.11. The Morgan fingerprint density at radius 2 is 1.79 bits per heavy atom. The van der Waals surface area contributed by atoms with E-state index in [0.29, 0.717) is 19.0 Å². The summed E-state index contributed by atoms with van der Waals surface area (Å²) in [5.74, 6) is 0.277. The van der Waals surface area contributed by atoms with Crippen LogP contribution < -0.4 is 15.8 Å². The van der Waals surface area contributed by atoms with Gasteiger partial charge in [-0.15, -0.1) is 35.3 Å². The Morgan fingerprint density at radius 3 is 2.33 bits per heavy atom. The number of hydrogen-bond acceptors (Lipinski definition) is 4. The van der Waals surface area contributed by atoms with E-state index in [2.05, 4.69) is 15.6 Å². The third kappa shape index (κ3) is 6.34. The molecule has 0 aliphatic rings. The summed E-state index contributed by atoms with van der Waals surface area (Å²) in [6.45, 7) is 0.913. The zero-order valence-corrected chi connectivity index (χ0v) is 16.8. The van der Waals surface area contributed by atoms with Crippen molar-refractivity contribution in [2.75, 3.05) is 7.05 Å². The van der Waals surface area contributed by atoms with E-state index in [1.54, 1.807) is 25.2 Å². The van der Waals surface area contributed by atoms with Gasteiger partial charge in [0.1, 0.15) is 10.0 Å². The van der Waals surface area contributed by atoms with Crippen LogP contribution in [0.15, 0.2) is 45.6 Å². The molecule has 0 atom stereocenters. The van der Waals surface area contributed by atoms with Crippen LogP contribution >= 0.6 is 35.3 Å². The number of nitrogens with two attached hydrogens (primary N) is 1. The highest BCUT2D eigenvalue weighted by Gasteiger charge is 2.11. The zero-order valence-electron chi connectivity index (χ0n) is 12.8. The van der Waals surface area contributed by atoms with E-state index >= 15 is 0 Å². The van der Waals surface area contributed by atoms with Crippen molar-refractivity contribution >= 4 is 51.3 Å². The van der Waals surface area contributed by atoms with E-state index in [1.807, 2.05) is 0 Å². The number of primary sulfonamides is 1. The monoisotopic (exact) mass is 484 g/mol. The zero-order chi connectivity index (χ0) is 16.9. The van der Waals surface area contributed by atoms with Crippen LogP contribution in [0.3, 0.4) is 0 Å². The van der Waals surface area contributed by atoms with Gasteiger partial charge in [-0.2, -0.15) is 0 Å². The van der Waals surface area contributed by atoms with Crippen LogP contribution in [0.1, 0.15) is 10.4 Å². The molecule has 0 saturated heterocycles. The second kappa shape index (κ2) is 9.30. The lowest BCUT2D eigenvalue weighted by Crippen LogP contribution is -2.36. The van der Waals surface area contributed by atoms with Gasteiger partial charge in [-0.1, -0.05) is 12.1 Å². The van der Waals surface area contributed by atoms with Gasteiger partial charge < -0.3 is 10.6 Å². The molecule has 132 valence electrons. The van der Waals surface area contributed by atoms with E-state index in [-0.39, 0.29) is 34.0 Å². The molecule has 4 N–H and O–H groups in total. The summed E-state index contributed by atoms with van der Waals surface area (Å²) in [5.41, 5.74) is 0.919. The fraction of sp³-hybridized carbons (Fsp3) is 0.214. The molecule has 0 saturated carbocycles. The average molecular weight is 484 g/mol. The van der Waals surface area contributed by atoms with Crippen LogP contribution in [0, 0.1) is 5.82 Å². The number of benzene rings is 1. The lowest BCUT2D eigenvalue weighted by molar-refractivity contribution is 0.600. The van der Waals surface area contributed by atoms with E-state index < -0.39 is 10.0 Å². The van der Waals surface area contributed by atoms with E-state index in [1.165, 1.54) is 18.2 Å². The molecule has 10 heteroatoms. The van der Waals surface area contributed by atoms with Crippen molar-refractivity contribution < 1.29 is 12.8 Å². The van der Waals surface area contributed by atoms with E-state index in [9.17, 15) is 12.8 Å². The minimum absolute atomic E-state index is 0. The molecule has 0 unspecified atom stereocenters. The van der Waals surface area contributed by atoms with Gasteiger partial charge in [0, 0.05) is 18.5 Å². The van der Waals surface area contributed by atoms with Gasteiger partial charge in [0.2, 0.25) is 10.0 Å². The van der Waals surface area contributed by atoms with E-state index in [4.69, 9.17) is 5.14 Å². The van der Waals surface area contributed by atoms with Crippen molar-refractivity contribution in [3.05, 3.63) is 52.7 Å². The van der Waals surface area contributed by atoms with Gasteiger partial charge in [-0.3, -0.25) is 4.99 Å². The van der Waals surface area contributed by atoms with Crippen molar-refractivity contribution in [3.8, 4) is 0 Å². The molecule has 0 bridgehead atoms. The largest absolute Gasteiger partial charge is 0.352 e. The number of sulfonamides is 1. The standard InChI is InChI=1S/C14H17FN4O2S2.HI/c1-17-14(18-8-10-2-4-11(15)5-3-10)19-9-12-6-7-13(22-12)23(16,20)21;/h2-7H,8-9H2,1H3,(H2,16,20,21)(H2,17,18,19);1H. The van der Waals surface area contributed by atoms with Gasteiger partial charge in [-0.25, -0.2) is 17.9 Å². The molecule has 0 spiro atoms. The first-order valence-electron chi connectivity index (χ1n) is 6.69. The molecule has 0 aliphatic heterocycles. The Balaban J connectivity index is 0.00000288. The maximum Gasteiger partial charge on any atom is 0.247 e. The quantitative estimate of drug-likeness (QED) is 0.344. The Kier molecular flexibility index (Phi) is 8.06. The lowest BCUT2D eigenvalue weighted by atomic mass is 10.2. The summed E-state index contributed by atoms with van der Waals surface area (Å²) in [4.78, 5) is 4.89. The van der Waals surface area contributed by atoms with Crippen LogP contribution in [0.2, 0.25) is 0 Å². The molecule has 24 heavy (non-hydrogen) atoms. The normalized spacial score (nSPS) is 11.7. The van der Waals surface area contributed by atoms with Gasteiger partial charge in [0.15, 0.2) is 5.96 Å². The van der Waals surface area contributed by atoms with Crippen molar-refractivity contribution in [1.82, 2.24) is 10.6 Å². The molecule has 0 amide bonds. The second-order valence-electron chi connectivity index (χ2n) is 4.67. The predicted octanol–water partition coefficient (Wildman–Crippen LogP) is 2.02. The average Bonchev–Trinajstić information content (AvgIpc) is 2.98. The molecule has 2 rings (SSSR count). The van der Waals surface area contributed by atoms with Gasteiger partial charge in [0.25, 0.3) is 0 Å². The number of hydrogen-bond donors (Lipinski definition) is 3. The van der Waals surface area contributed by atoms with Crippen LogP contribution in [-0.2, 0) is 23.1 Å². The summed E-state index contributed by atoms with van der Waals surface area (Å²) in [5, 5.41) is 11.2. The minimum Gasteiger partial charge on any atom is -0.352 e. The van der Waals surface area contributed by atoms with Gasteiger partial charge >= 0.3 is 0 Å². The summed E-state index contributed by atoms with van der Waals surface area (Å²) in [6.07, 6.45) is 0. The second-order valence-corrected chi connectivity index (χ2v) is 7.63. The molecule has 0 radical (unpaired) electrons. The topological polar surface area (TPSA) is 96.6 Å². The van der Waals surface area contributed by atoms with E-state index in [0.717, 1.165) is 21.8 Å². The van der Waals surface area contributed by atoms with Crippen LogP contribution in [0.5, 0.6) is 0 Å². The fourth-order valence-corrected chi connectivity index (χ4v) is 3.50. The Bertz CT molecular complexity index is 791. The van der Waals surface area contributed by atoms with Gasteiger partial charge in [-0.05, 0) is 29.8 Å².